The Bertz CT molecular complexity index is 594. The van der Waals surface area contributed by atoms with Gasteiger partial charge in [-0.15, -0.1) is 0 Å². The molecule has 1 fully saturated rings. The fraction of sp³-hybridized carbons (Fsp3) is 0.429. The number of nitrogens with one attached hydrogen (secondary N) is 1. The van der Waals surface area contributed by atoms with Gasteiger partial charge in [-0.1, -0.05) is 5.16 Å². The van der Waals surface area contributed by atoms with Crippen molar-refractivity contribution in [2.75, 3.05) is 20.3 Å². The van der Waals surface area contributed by atoms with Gasteiger partial charge in [0.1, 0.15) is 5.82 Å². The molecule has 1 aromatic carbocycles. The molecule has 5 nitrogen and oxygen atoms in total. The van der Waals surface area contributed by atoms with E-state index in [4.69, 9.17) is 9.26 Å². The molecule has 1 aliphatic heterocycles. The van der Waals surface area contributed by atoms with Gasteiger partial charge in [-0.3, -0.25) is 0 Å². The van der Waals surface area contributed by atoms with Crippen LogP contribution in [0.5, 0.6) is 0 Å². The number of aryl methyl sites for hydroxylation is 1. The maximum atomic E-state index is 13.4. The van der Waals surface area contributed by atoms with Crippen molar-refractivity contribution in [3.8, 4) is 11.4 Å². The Labute approximate surface area is 116 Å². The first-order chi connectivity index (χ1) is 9.67. The van der Waals surface area contributed by atoms with E-state index in [9.17, 15) is 4.39 Å². The number of rotatable bonds is 3. The van der Waals surface area contributed by atoms with Gasteiger partial charge in [0.05, 0.1) is 19.1 Å². The van der Waals surface area contributed by atoms with Gasteiger partial charge >= 0.3 is 0 Å². The zero-order valence-corrected chi connectivity index (χ0v) is 11.4. The summed E-state index contributed by atoms with van der Waals surface area (Å²) in [5, 5.41) is 7.11. The Morgan fingerprint density at radius 1 is 1.30 bits per heavy atom. The number of hydrogen-bond acceptors (Lipinski definition) is 5. The highest BCUT2D eigenvalue weighted by molar-refractivity contribution is 5.55. The monoisotopic (exact) mass is 277 g/mol. The van der Waals surface area contributed by atoms with Gasteiger partial charge in [0, 0.05) is 11.6 Å². The largest absolute Gasteiger partial charge is 0.379 e. The number of halogens is 1. The molecule has 20 heavy (non-hydrogen) atoms. The molecule has 2 unspecified atom stereocenters. The molecule has 2 heterocycles. The smallest absolute Gasteiger partial charge is 0.234 e. The first-order valence-electron chi connectivity index (χ1n) is 6.53. The second kappa shape index (κ2) is 5.30. The molecule has 0 amide bonds. The summed E-state index contributed by atoms with van der Waals surface area (Å²) in [5.41, 5.74) is 1.45. The number of ether oxygens (including phenoxy) is 1. The fourth-order valence-electron chi connectivity index (χ4n) is 2.45. The molecule has 2 atom stereocenters. The topological polar surface area (TPSA) is 60.2 Å². The Hall–Kier alpha value is -1.79. The highest BCUT2D eigenvalue weighted by Gasteiger charge is 2.33. The molecule has 2 aromatic rings. The molecule has 0 radical (unpaired) electrons. The van der Waals surface area contributed by atoms with E-state index in [1.807, 2.05) is 20.0 Å². The third-order valence-electron chi connectivity index (χ3n) is 3.51. The van der Waals surface area contributed by atoms with Crippen molar-refractivity contribution >= 4 is 0 Å². The average Bonchev–Trinajstić information content (AvgIpc) is 3.06. The number of hydrogen-bond donors (Lipinski definition) is 1. The van der Waals surface area contributed by atoms with Gasteiger partial charge < -0.3 is 14.6 Å². The van der Waals surface area contributed by atoms with E-state index in [1.54, 1.807) is 0 Å². The molecular weight excluding hydrogens is 261 g/mol. The van der Waals surface area contributed by atoms with Crippen LogP contribution in [0.1, 0.15) is 17.4 Å². The lowest BCUT2D eigenvalue weighted by Crippen LogP contribution is -2.31. The summed E-state index contributed by atoms with van der Waals surface area (Å²) in [7, 11) is 1.87. The summed E-state index contributed by atoms with van der Waals surface area (Å²) < 4.78 is 24.2. The van der Waals surface area contributed by atoms with Crippen molar-refractivity contribution in [3.05, 3.63) is 35.5 Å². The van der Waals surface area contributed by atoms with Gasteiger partial charge in [-0.2, -0.15) is 4.98 Å². The molecule has 6 heteroatoms. The zero-order chi connectivity index (χ0) is 14.1. The van der Waals surface area contributed by atoms with Crippen LogP contribution in [0.2, 0.25) is 0 Å². The van der Waals surface area contributed by atoms with Crippen molar-refractivity contribution in [2.45, 2.75) is 18.9 Å². The van der Waals surface area contributed by atoms with Crippen LogP contribution in [0.3, 0.4) is 0 Å². The number of benzene rings is 1. The zero-order valence-electron chi connectivity index (χ0n) is 11.4. The van der Waals surface area contributed by atoms with Crippen molar-refractivity contribution in [1.82, 2.24) is 15.5 Å². The summed E-state index contributed by atoms with van der Waals surface area (Å²) in [4.78, 5) is 4.38. The van der Waals surface area contributed by atoms with Crippen LogP contribution >= 0.6 is 0 Å². The van der Waals surface area contributed by atoms with E-state index in [2.05, 4.69) is 15.5 Å². The molecule has 0 spiro atoms. The Kier molecular flexibility index (Phi) is 3.50. The molecular formula is C14H16FN3O2. The lowest BCUT2D eigenvalue weighted by molar-refractivity contribution is 0.185. The second-order valence-electron chi connectivity index (χ2n) is 5.01. The lowest BCUT2D eigenvalue weighted by atomic mass is 10.0. The van der Waals surface area contributed by atoms with Crippen molar-refractivity contribution < 1.29 is 13.7 Å². The summed E-state index contributed by atoms with van der Waals surface area (Å²) in [6.07, 6.45) is 0. The molecule has 0 saturated carbocycles. The highest BCUT2D eigenvalue weighted by Crippen LogP contribution is 2.27. The van der Waals surface area contributed by atoms with Crippen molar-refractivity contribution in [3.63, 3.8) is 0 Å². The van der Waals surface area contributed by atoms with Gasteiger partial charge in [0.25, 0.3) is 0 Å². The number of aromatic nitrogens is 2. The van der Waals surface area contributed by atoms with Gasteiger partial charge in [0.2, 0.25) is 11.7 Å². The molecule has 1 aromatic heterocycles. The first-order valence-corrected chi connectivity index (χ1v) is 6.53. The fourth-order valence-corrected chi connectivity index (χ4v) is 2.45. The van der Waals surface area contributed by atoms with Crippen molar-refractivity contribution in [2.24, 2.45) is 0 Å². The van der Waals surface area contributed by atoms with Gasteiger partial charge in [-0.05, 0) is 37.7 Å². The van der Waals surface area contributed by atoms with Crippen LogP contribution in [-0.2, 0) is 4.74 Å². The summed E-state index contributed by atoms with van der Waals surface area (Å²) in [6, 6.07) is 4.87. The predicted molar refractivity (Wildman–Crippen MR) is 70.8 cm³/mol. The van der Waals surface area contributed by atoms with Crippen LogP contribution in [0, 0.1) is 12.7 Å². The second-order valence-corrected chi connectivity index (χ2v) is 5.01. The van der Waals surface area contributed by atoms with E-state index in [0.717, 1.165) is 5.56 Å². The SMILES string of the molecule is CNC1COCC1c1nc(-c2cc(C)cc(F)c2)no1. The van der Waals surface area contributed by atoms with Crippen LogP contribution in [-0.4, -0.2) is 36.4 Å². The standard InChI is InChI=1S/C14H16FN3O2/c1-8-3-9(5-10(15)4-8)13-17-14(20-18-13)11-6-19-7-12(11)16-2/h3-5,11-12,16H,6-7H2,1-2H3. The molecule has 1 aliphatic rings. The molecule has 3 rings (SSSR count). The molecule has 0 aliphatic carbocycles. The van der Waals surface area contributed by atoms with E-state index >= 15 is 0 Å². The molecule has 1 saturated heterocycles. The van der Waals surface area contributed by atoms with Crippen LogP contribution < -0.4 is 5.32 Å². The Balaban J connectivity index is 1.90. The maximum absolute atomic E-state index is 13.4. The van der Waals surface area contributed by atoms with Crippen LogP contribution in [0.15, 0.2) is 22.7 Å². The molecule has 106 valence electrons. The average molecular weight is 277 g/mol. The Morgan fingerprint density at radius 3 is 2.90 bits per heavy atom. The van der Waals surface area contributed by atoms with E-state index in [1.165, 1.54) is 12.1 Å². The Morgan fingerprint density at radius 2 is 2.15 bits per heavy atom. The van der Waals surface area contributed by atoms with E-state index < -0.39 is 0 Å². The first kappa shape index (κ1) is 13.2. The quantitative estimate of drug-likeness (QED) is 0.928. The third-order valence-corrected chi connectivity index (χ3v) is 3.51. The summed E-state index contributed by atoms with van der Waals surface area (Å²) >= 11 is 0. The van der Waals surface area contributed by atoms with E-state index in [0.29, 0.717) is 30.5 Å². The third kappa shape index (κ3) is 2.44. The van der Waals surface area contributed by atoms with Gasteiger partial charge in [0.15, 0.2) is 0 Å². The van der Waals surface area contributed by atoms with Crippen LogP contribution in [0.25, 0.3) is 11.4 Å². The van der Waals surface area contributed by atoms with Crippen molar-refractivity contribution in [1.29, 1.82) is 0 Å². The summed E-state index contributed by atoms with van der Waals surface area (Å²) in [6.45, 7) is 3.00. The van der Waals surface area contributed by atoms with E-state index in [-0.39, 0.29) is 17.8 Å². The van der Waals surface area contributed by atoms with Crippen LogP contribution in [0.4, 0.5) is 4.39 Å². The normalized spacial score (nSPS) is 22.4. The molecule has 0 bridgehead atoms. The minimum atomic E-state index is -0.302. The van der Waals surface area contributed by atoms with Gasteiger partial charge in [-0.25, -0.2) is 4.39 Å². The summed E-state index contributed by atoms with van der Waals surface area (Å²) in [5.74, 6) is 0.669. The minimum absolute atomic E-state index is 0.0379. The predicted octanol–water partition coefficient (Wildman–Crippen LogP) is 1.89. The minimum Gasteiger partial charge on any atom is -0.379 e. The number of nitrogens with zero attached hydrogens (tertiary/aromatic N) is 2. The lowest BCUT2D eigenvalue weighted by Gasteiger charge is -2.11. The maximum Gasteiger partial charge on any atom is 0.234 e. The highest BCUT2D eigenvalue weighted by atomic mass is 19.1. The molecule has 1 N–H and O–H groups in total. The number of likely N-dealkylation sites (N-methyl/N-ethyl adjacent to an activating group) is 1.